The second kappa shape index (κ2) is 5.65. The highest BCUT2D eigenvalue weighted by molar-refractivity contribution is 6.06. The van der Waals surface area contributed by atoms with Gasteiger partial charge in [-0.15, -0.1) is 0 Å². The van der Waals surface area contributed by atoms with Crippen LogP contribution in [0.2, 0.25) is 0 Å². The van der Waals surface area contributed by atoms with Crippen molar-refractivity contribution in [2.45, 2.75) is 39.0 Å². The molecule has 0 atom stereocenters. The topological polar surface area (TPSA) is 54.4 Å². The van der Waals surface area contributed by atoms with Gasteiger partial charge in [-0.3, -0.25) is 9.78 Å². The van der Waals surface area contributed by atoms with Crippen LogP contribution in [0.1, 0.15) is 48.2 Å². The summed E-state index contributed by atoms with van der Waals surface area (Å²) in [7, 11) is 0. The first-order valence-corrected chi connectivity index (χ1v) is 9.41. The predicted molar refractivity (Wildman–Crippen MR) is 98.4 cm³/mol. The molecule has 0 saturated heterocycles. The number of carbonyl (C=O) groups excluding carboxylic acids is 1. The number of pyridine rings is 1. The van der Waals surface area contributed by atoms with Crippen LogP contribution in [0.15, 0.2) is 35.4 Å². The first-order valence-electron chi connectivity index (χ1n) is 9.41. The van der Waals surface area contributed by atoms with Crippen LogP contribution < -0.4 is 5.43 Å². The largest absolute Gasteiger partial charge is 0.272 e. The van der Waals surface area contributed by atoms with Gasteiger partial charge in [0.25, 0.3) is 5.91 Å². The van der Waals surface area contributed by atoms with Crippen LogP contribution in [0.4, 0.5) is 0 Å². The minimum atomic E-state index is -0.122. The van der Waals surface area contributed by atoms with Crippen LogP contribution in [0.25, 0.3) is 10.9 Å². The lowest BCUT2D eigenvalue weighted by Gasteiger charge is -2.50. The lowest BCUT2D eigenvalue weighted by Crippen LogP contribution is -2.46. The number of para-hydroxylation sites is 1. The molecule has 4 aliphatic carbocycles. The van der Waals surface area contributed by atoms with E-state index in [2.05, 4.69) is 15.5 Å². The molecule has 0 unspecified atom stereocenters. The Bertz CT molecular complexity index is 856. The molecular weight excluding hydrogens is 310 g/mol. The van der Waals surface area contributed by atoms with Crippen LogP contribution in [0.3, 0.4) is 0 Å². The molecule has 1 aromatic carbocycles. The number of aryl methyl sites for hydroxylation is 1. The van der Waals surface area contributed by atoms with Gasteiger partial charge in [0.05, 0.1) is 11.1 Å². The van der Waals surface area contributed by atoms with Gasteiger partial charge in [0.1, 0.15) is 0 Å². The van der Waals surface area contributed by atoms with E-state index < -0.39 is 0 Å². The summed E-state index contributed by atoms with van der Waals surface area (Å²) in [4.78, 5) is 17.3. The Morgan fingerprint density at radius 2 is 1.76 bits per heavy atom. The number of rotatable bonds is 2. The minimum absolute atomic E-state index is 0.122. The minimum Gasteiger partial charge on any atom is -0.267 e. The number of hydrogen-bond donors (Lipinski definition) is 1. The number of carbonyl (C=O) groups is 1. The monoisotopic (exact) mass is 333 g/mol. The van der Waals surface area contributed by atoms with E-state index in [4.69, 9.17) is 0 Å². The predicted octanol–water partition coefficient (Wildman–Crippen LogP) is 4.09. The van der Waals surface area contributed by atoms with Crippen LogP contribution in [-0.4, -0.2) is 16.6 Å². The van der Waals surface area contributed by atoms with Crippen molar-refractivity contribution in [3.05, 3.63) is 41.6 Å². The van der Waals surface area contributed by atoms with E-state index in [0.717, 1.165) is 28.4 Å². The molecule has 25 heavy (non-hydrogen) atoms. The summed E-state index contributed by atoms with van der Waals surface area (Å²) in [5, 5.41) is 5.52. The molecule has 4 heteroatoms. The maximum Gasteiger partial charge on any atom is 0.272 e. The Morgan fingerprint density at radius 1 is 1.08 bits per heavy atom. The number of benzene rings is 1. The Labute approximate surface area is 147 Å². The van der Waals surface area contributed by atoms with E-state index in [1.807, 2.05) is 37.3 Å². The Kier molecular flexibility index (Phi) is 3.40. The summed E-state index contributed by atoms with van der Waals surface area (Å²) < 4.78 is 0. The molecule has 4 fully saturated rings. The third-order valence-corrected chi connectivity index (χ3v) is 6.35. The summed E-state index contributed by atoms with van der Waals surface area (Å²) >= 11 is 0. The van der Waals surface area contributed by atoms with Crippen LogP contribution in [0, 0.1) is 30.6 Å². The maximum absolute atomic E-state index is 12.8. The highest BCUT2D eigenvalue weighted by atomic mass is 16.2. The molecule has 6 rings (SSSR count). The van der Waals surface area contributed by atoms with Gasteiger partial charge >= 0.3 is 0 Å². The fraction of sp³-hybridized carbons (Fsp3) is 0.476. The fourth-order valence-corrected chi connectivity index (χ4v) is 5.52. The average Bonchev–Trinajstić information content (AvgIpc) is 2.59. The molecule has 0 radical (unpaired) electrons. The zero-order valence-electron chi connectivity index (χ0n) is 14.5. The van der Waals surface area contributed by atoms with E-state index in [9.17, 15) is 4.79 Å². The number of nitrogens with zero attached hydrogens (tertiary/aromatic N) is 2. The third kappa shape index (κ3) is 2.55. The van der Waals surface area contributed by atoms with Crippen molar-refractivity contribution in [3.63, 3.8) is 0 Å². The molecule has 4 bridgehead atoms. The van der Waals surface area contributed by atoms with Gasteiger partial charge in [0.15, 0.2) is 0 Å². The number of hydrogen-bond acceptors (Lipinski definition) is 3. The normalized spacial score (nSPS) is 29.9. The smallest absolute Gasteiger partial charge is 0.267 e. The SMILES string of the molecule is Cc1cc(C(=O)NN=C2C3CC4CC(C3)CC2C4)c2ccccc2n1. The van der Waals surface area contributed by atoms with Crippen molar-refractivity contribution in [2.75, 3.05) is 0 Å². The van der Waals surface area contributed by atoms with Crippen LogP contribution >= 0.6 is 0 Å². The third-order valence-electron chi connectivity index (χ3n) is 6.35. The zero-order valence-corrected chi connectivity index (χ0v) is 14.5. The Morgan fingerprint density at radius 3 is 2.48 bits per heavy atom. The maximum atomic E-state index is 12.8. The fourth-order valence-electron chi connectivity index (χ4n) is 5.52. The summed E-state index contributed by atoms with van der Waals surface area (Å²) in [6.07, 6.45) is 6.53. The van der Waals surface area contributed by atoms with Crippen LogP contribution in [0.5, 0.6) is 0 Å². The van der Waals surface area contributed by atoms with Gasteiger partial charge in [-0.1, -0.05) is 18.2 Å². The number of hydrazone groups is 1. The van der Waals surface area contributed by atoms with E-state index in [1.54, 1.807) is 0 Å². The molecule has 4 saturated carbocycles. The van der Waals surface area contributed by atoms with Crippen molar-refractivity contribution < 1.29 is 4.79 Å². The van der Waals surface area contributed by atoms with E-state index in [1.165, 1.54) is 37.8 Å². The molecular formula is C21H23N3O. The molecule has 4 aliphatic rings. The number of amides is 1. The van der Waals surface area contributed by atoms with Crippen molar-refractivity contribution >= 4 is 22.5 Å². The summed E-state index contributed by atoms with van der Waals surface area (Å²) in [6, 6.07) is 9.65. The van der Waals surface area contributed by atoms with Gasteiger partial charge in [-0.2, -0.15) is 5.10 Å². The first kappa shape index (κ1) is 15.1. The molecule has 0 aliphatic heterocycles. The van der Waals surface area contributed by atoms with Gasteiger partial charge in [-0.25, -0.2) is 5.43 Å². The highest BCUT2D eigenvalue weighted by Crippen LogP contribution is 2.52. The van der Waals surface area contributed by atoms with E-state index in [0.29, 0.717) is 17.4 Å². The Balaban J connectivity index is 1.43. The molecule has 2 aromatic rings. The second-order valence-electron chi connectivity index (χ2n) is 8.11. The van der Waals surface area contributed by atoms with Crippen molar-refractivity contribution in [1.82, 2.24) is 10.4 Å². The molecule has 128 valence electrons. The summed E-state index contributed by atoms with van der Waals surface area (Å²) in [5.41, 5.74) is 6.50. The molecule has 1 N–H and O–H groups in total. The number of nitrogens with one attached hydrogen (secondary N) is 1. The molecule has 1 heterocycles. The lowest BCUT2D eigenvalue weighted by atomic mass is 9.55. The molecule has 0 spiro atoms. The lowest BCUT2D eigenvalue weighted by molar-refractivity contribution is 0.0944. The molecule has 4 nitrogen and oxygen atoms in total. The van der Waals surface area contributed by atoms with Gasteiger partial charge in [0, 0.05) is 16.8 Å². The summed E-state index contributed by atoms with van der Waals surface area (Å²) in [5.74, 6) is 2.90. The Hall–Kier alpha value is -2.23. The van der Waals surface area contributed by atoms with E-state index >= 15 is 0 Å². The zero-order chi connectivity index (χ0) is 17.0. The number of aromatic nitrogens is 1. The van der Waals surface area contributed by atoms with Gasteiger partial charge in [0.2, 0.25) is 0 Å². The van der Waals surface area contributed by atoms with Crippen molar-refractivity contribution in [2.24, 2.45) is 28.8 Å². The van der Waals surface area contributed by atoms with Gasteiger partial charge < -0.3 is 0 Å². The number of fused-ring (bicyclic) bond motifs is 1. The van der Waals surface area contributed by atoms with Crippen molar-refractivity contribution in [1.29, 1.82) is 0 Å². The second-order valence-corrected chi connectivity index (χ2v) is 8.11. The van der Waals surface area contributed by atoms with E-state index in [-0.39, 0.29) is 5.91 Å². The van der Waals surface area contributed by atoms with Crippen LogP contribution in [-0.2, 0) is 0 Å². The standard InChI is InChI=1S/C21H23N3O/c1-12-6-18(17-4-2-3-5-19(17)22-12)21(25)24-23-20-15-8-13-7-14(10-15)11-16(20)9-13/h2-6,13-16H,7-11H2,1H3,(H,24,25). The highest BCUT2D eigenvalue weighted by Gasteiger charge is 2.46. The van der Waals surface area contributed by atoms with Gasteiger partial charge in [-0.05, 0) is 74.8 Å². The molecule has 1 amide bonds. The summed E-state index contributed by atoms with van der Waals surface area (Å²) in [6.45, 7) is 1.92. The first-order chi connectivity index (χ1) is 12.2. The quantitative estimate of drug-likeness (QED) is 0.842. The van der Waals surface area contributed by atoms with Crippen molar-refractivity contribution in [3.8, 4) is 0 Å². The average molecular weight is 333 g/mol. The molecule has 1 aromatic heterocycles.